The minimum absolute atomic E-state index is 0.00475. The van der Waals surface area contributed by atoms with Crippen LogP contribution in [0.25, 0.3) is 0 Å². The van der Waals surface area contributed by atoms with Crippen LogP contribution >= 0.6 is 11.6 Å². The molecular weight excluding hydrogens is 544 g/mol. The molecule has 0 radical (unpaired) electrons. The number of benzene rings is 2. The van der Waals surface area contributed by atoms with Crippen molar-refractivity contribution in [2.24, 2.45) is 5.14 Å². The smallest absolute Gasteiger partial charge is 0.251 e. The number of rotatable bonds is 10. The van der Waals surface area contributed by atoms with Gasteiger partial charge in [-0.3, -0.25) is 9.59 Å². The maximum Gasteiger partial charge on any atom is 0.251 e. The standard InChI is InChI=1S/C27H33ClN4O6S/c1-17(2)26-25(33)24-21(4-3-5-22(24)38-26)37-15-11-30-10-14-32-12-8-19(9-13-32)31-27(34)18-6-7-20(28)23(16-18)39(29,35)36/h3-7,16,19,30H,8-15H2,1-2H3,(H,31,34)(H2,29,35,36). The van der Waals surface area contributed by atoms with E-state index in [0.29, 0.717) is 36.0 Å². The number of sulfonamides is 1. The second-order valence-electron chi connectivity index (χ2n) is 9.77. The molecule has 12 heteroatoms. The molecule has 4 rings (SSSR count). The van der Waals surface area contributed by atoms with Crippen molar-refractivity contribution in [3.63, 3.8) is 0 Å². The summed E-state index contributed by atoms with van der Waals surface area (Å²) in [5.74, 6) is 0.922. The van der Waals surface area contributed by atoms with Gasteiger partial charge in [0.25, 0.3) is 5.91 Å². The summed E-state index contributed by atoms with van der Waals surface area (Å²) in [5, 5.41) is 11.5. The van der Waals surface area contributed by atoms with Crippen LogP contribution in [0.3, 0.4) is 0 Å². The number of nitrogens with two attached hydrogens (primary N) is 1. The van der Waals surface area contributed by atoms with Crippen LogP contribution in [0.4, 0.5) is 0 Å². The Morgan fingerprint density at radius 1 is 1.18 bits per heavy atom. The third kappa shape index (κ3) is 7.17. The molecule has 1 fully saturated rings. The molecule has 0 saturated carbocycles. The third-order valence-corrected chi connectivity index (χ3v) is 8.04. The van der Waals surface area contributed by atoms with Gasteiger partial charge in [-0.05, 0) is 62.6 Å². The number of likely N-dealkylation sites (tertiary alicyclic amines) is 1. The third-order valence-electron chi connectivity index (χ3n) is 6.65. The van der Waals surface area contributed by atoms with Crippen molar-refractivity contribution in [3.05, 3.63) is 63.9 Å². The zero-order valence-electron chi connectivity index (χ0n) is 22.0. The van der Waals surface area contributed by atoms with E-state index in [2.05, 4.69) is 15.5 Å². The van der Waals surface area contributed by atoms with Crippen LogP contribution in [0.5, 0.6) is 11.5 Å². The molecule has 2 aliphatic heterocycles. The Morgan fingerprint density at radius 3 is 2.62 bits per heavy atom. The number of fused-ring (bicyclic) bond motifs is 1. The predicted molar refractivity (Wildman–Crippen MR) is 148 cm³/mol. The number of primary sulfonamides is 1. The average molecular weight is 577 g/mol. The number of ketones is 1. The molecule has 4 N–H and O–H groups in total. The van der Waals surface area contributed by atoms with E-state index in [1.807, 2.05) is 19.9 Å². The molecule has 0 atom stereocenters. The van der Waals surface area contributed by atoms with Gasteiger partial charge in [0.05, 0.1) is 5.02 Å². The number of Topliss-reactive ketones (excluding diaryl/α,β-unsaturated/α-hetero) is 1. The molecule has 0 aliphatic carbocycles. The van der Waals surface area contributed by atoms with Gasteiger partial charge in [0.1, 0.15) is 28.6 Å². The maximum atomic E-state index is 12.6. The van der Waals surface area contributed by atoms with E-state index in [9.17, 15) is 18.0 Å². The second kappa shape index (κ2) is 12.5. The van der Waals surface area contributed by atoms with E-state index in [-0.39, 0.29) is 33.2 Å². The van der Waals surface area contributed by atoms with Gasteiger partial charge < -0.3 is 25.0 Å². The lowest BCUT2D eigenvalue weighted by Gasteiger charge is -2.32. The van der Waals surface area contributed by atoms with Crippen molar-refractivity contribution in [1.82, 2.24) is 15.5 Å². The molecule has 2 heterocycles. The molecule has 2 aromatic rings. The Bertz CT molecular complexity index is 1380. The van der Waals surface area contributed by atoms with Gasteiger partial charge in [-0.2, -0.15) is 0 Å². The van der Waals surface area contributed by atoms with Gasteiger partial charge >= 0.3 is 0 Å². The van der Waals surface area contributed by atoms with Crippen molar-refractivity contribution in [1.29, 1.82) is 0 Å². The summed E-state index contributed by atoms with van der Waals surface area (Å²) < 4.78 is 34.9. The number of carbonyl (C=O) groups is 2. The minimum atomic E-state index is -4.02. The Balaban J connectivity index is 1.15. The molecule has 1 saturated heterocycles. The van der Waals surface area contributed by atoms with Gasteiger partial charge in [0.2, 0.25) is 15.8 Å². The fraction of sp³-hybridized carbons (Fsp3) is 0.407. The van der Waals surface area contributed by atoms with Gasteiger partial charge in [0, 0.05) is 44.3 Å². The molecule has 2 aromatic carbocycles. The van der Waals surface area contributed by atoms with E-state index in [4.69, 9.17) is 26.2 Å². The van der Waals surface area contributed by atoms with Gasteiger partial charge in [-0.25, -0.2) is 13.6 Å². The highest BCUT2D eigenvalue weighted by Gasteiger charge is 2.31. The lowest BCUT2D eigenvalue weighted by molar-refractivity contribution is 0.0910. The molecule has 0 spiro atoms. The molecule has 210 valence electrons. The van der Waals surface area contributed by atoms with Crippen molar-refractivity contribution in [3.8, 4) is 11.5 Å². The van der Waals surface area contributed by atoms with Crippen molar-refractivity contribution >= 4 is 33.3 Å². The Hall–Kier alpha value is -2.96. The van der Waals surface area contributed by atoms with E-state index in [1.54, 1.807) is 12.1 Å². The molecule has 39 heavy (non-hydrogen) atoms. The normalized spacial score (nSPS) is 16.1. The number of carbonyl (C=O) groups excluding carboxylic acids is 2. The SMILES string of the molecule is CC(C)=C1Oc2cccc(OCCNCCN3CCC(NC(=O)c4ccc(Cl)c(S(N)(=O)=O)c4)CC3)c2C1=O. The largest absolute Gasteiger partial charge is 0.491 e. The number of nitrogens with one attached hydrogen (secondary N) is 2. The van der Waals surface area contributed by atoms with Crippen LogP contribution in [0.2, 0.25) is 5.02 Å². The highest BCUT2D eigenvalue weighted by molar-refractivity contribution is 7.89. The van der Waals surface area contributed by atoms with E-state index < -0.39 is 10.0 Å². The highest BCUT2D eigenvalue weighted by Crippen LogP contribution is 2.38. The minimum Gasteiger partial charge on any atom is -0.491 e. The molecule has 0 bridgehead atoms. The lowest BCUT2D eigenvalue weighted by Crippen LogP contribution is -2.46. The number of piperidine rings is 1. The fourth-order valence-corrected chi connectivity index (χ4v) is 5.64. The van der Waals surface area contributed by atoms with Gasteiger partial charge in [-0.15, -0.1) is 0 Å². The summed E-state index contributed by atoms with van der Waals surface area (Å²) in [6.45, 7) is 8.02. The first-order chi connectivity index (χ1) is 18.5. The quantitative estimate of drug-likeness (QED) is 0.290. The summed E-state index contributed by atoms with van der Waals surface area (Å²) in [7, 11) is -4.02. The Labute approximate surface area is 233 Å². The summed E-state index contributed by atoms with van der Waals surface area (Å²) >= 11 is 5.90. The summed E-state index contributed by atoms with van der Waals surface area (Å²) in [5.41, 5.74) is 1.51. The zero-order chi connectivity index (χ0) is 28.2. The van der Waals surface area contributed by atoms with Crippen molar-refractivity contribution < 1.29 is 27.5 Å². The molecule has 10 nitrogen and oxygen atoms in total. The molecular formula is C27H33ClN4O6S. The number of hydrogen-bond donors (Lipinski definition) is 3. The summed E-state index contributed by atoms with van der Waals surface area (Å²) in [4.78, 5) is 27.3. The van der Waals surface area contributed by atoms with E-state index in [1.165, 1.54) is 18.2 Å². The monoisotopic (exact) mass is 576 g/mol. The highest BCUT2D eigenvalue weighted by atomic mass is 35.5. The summed E-state index contributed by atoms with van der Waals surface area (Å²) in [6, 6.07) is 9.40. The van der Waals surface area contributed by atoms with Crippen molar-refractivity contribution in [2.45, 2.75) is 37.6 Å². The first-order valence-corrected chi connectivity index (χ1v) is 14.7. The van der Waals surface area contributed by atoms with Gasteiger partial charge in [0.15, 0.2) is 5.76 Å². The first kappa shape index (κ1) is 29.0. The number of ether oxygens (including phenoxy) is 2. The van der Waals surface area contributed by atoms with Crippen LogP contribution in [0, 0.1) is 0 Å². The average Bonchev–Trinajstić information content (AvgIpc) is 3.24. The number of hydrogen-bond acceptors (Lipinski definition) is 8. The number of nitrogens with zero attached hydrogens (tertiary/aromatic N) is 1. The van der Waals surface area contributed by atoms with Crippen LogP contribution in [0.1, 0.15) is 47.4 Å². The fourth-order valence-electron chi connectivity index (χ4n) is 4.57. The number of allylic oxidation sites excluding steroid dienone is 2. The predicted octanol–water partition coefficient (Wildman–Crippen LogP) is 2.72. The molecule has 0 unspecified atom stereocenters. The topological polar surface area (TPSA) is 140 Å². The van der Waals surface area contributed by atoms with Gasteiger partial charge in [-0.1, -0.05) is 17.7 Å². The first-order valence-electron chi connectivity index (χ1n) is 12.8. The Morgan fingerprint density at radius 2 is 1.92 bits per heavy atom. The van der Waals surface area contributed by atoms with Crippen LogP contribution < -0.4 is 25.2 Å². The van der Waals surface area contributed by atoms with Crippen LogP contribution in [0.15, 0.2) is 52.6 Å². The molecule has 0 aromatic heterocycles. The second-order valence-corrected chi connectivity index (χ2v) is 11.7. The van der Waals surface area contributed by atoms with Crippen molar-refractivity contribution in [2.75, 3.05) is 39.3 Å². The van der Waals surface area contributed by atoms with Crippen LogP contribution in [-0.4, -0.2) is 70.4 Å². The Kier molecular flexibility index (Phi) is 9.29. The zero-order valence-corrected chi connectivity index (χ0v) is 23.5. The number of amides is 1. The van der Waals surface area contributed by atoms with Crippen LogP contribution in [-0.2, 0) is 10.0 Å². The molecule has 2 aliphatic rings. The number of halogens is 1. The lowest BCUT2D eigenvalue weighted by atomic mass is 10.0. The molecule has 1 amide bonds. The van der Waals surface area contributed by atoms with E-state index in [0.717, 1.165) is 44.6 Å². The van der Waals surface area contributed by atoms with E-state index >= 15 is 0 Å². The summed E-state index contributed by atoms with van der Waals surface area (Å²) in [6.07, 6.45) is 1.57. The maximum absolute atomic E-state index is 12.6.